The number of aliphatic carboxylic acids is 1. The predicted octanol–water partition coefficient (Wildman–Crippen LogP) is 0.104. The Kier molecular flexibility index (Phi) is 3.91. The summed E-state index contributed by atoms with van der Waals surface area (Å²) in [4.78, 5) is 21.3. The van der Waals surface area contributed by atoms with Gasteiger partial charge in [-0.25, -0.2) is 0 Å². The van der Waals surface area contributed by atoms with Gasteiger partial charge in [-0.15, -0.1) is 0 Å². The average Bonchev–Trinajstić information content (AvgIpc) is 1.81. The fourth-order valence-corrected chi connectivity index (χ4v) is 0.717. The molecule has 13 heavy (non-hydrogen) atoms. The van der Waals surface area contributed by atoms with Gasteiger partial charge < -0.3 is 14.6 Å². The number of hydrogen-bond donors (Lipinski definition) is 0. The Morgan fingerprint density at radius 3 is 2.15 bits per heavy atom. The molecule has 76 valence electrons. The summed E-state index contributed by atoms with van der Waals surface area (Å²) in [6, 6.07) is 0. The fourth-order valence-electron chi connectivity index (χ4n) is 0.717. The van der Waals surface area contributed by atoms with Crippen molar-refractivity contribution in [1.82, 2.24) is 0 Å². The molecule has 0 fully saturated rings. The number of carbonyl (C=O) groups is 2. The summed E-state index contributed by atoms with van der Waals surface area (Å²) < 4.78 is 4.93. The van der Waals surface area contributed by atoms with Gasteiger partial charge in [0.15, 0.2) is 0 Å². The third-order valence-electron chi connectivity index (χ3n) is 1.30. The summed E-state index contributed by atoms with van der Waals surface area (Å²) in [6.07, 6.45) is -0.139. The lowest BCUT2D eigenvalue weighted by atomic mass is 10.1. The minimum atomic E-state index is -1.23. The lowest BCUT2D eigenvalue weighted by molar-refractivity contribution is -0.311. The summed E-state index contributed by atoms with van der Waals surface area (Å²) in [5.74, 6) is -2.54. The summed E-state index contributed by atoms with van der Waals surface area (Å²) in [5, 5.41) is 10.3. The highest BCUT2D eigenvalue weighted by atomic mass is 16.6. The molecule has 0 aliphatic heterocycles. The van der Waals surface area contributed by atoms with Crippen LogP contribution in [-0.2, 0) is 14.3 Å². The normalized spacial score (nSPS) is 13.5. The number of carbonyl (C=O) groups excluding carboxylic acids is 2. The summed E-state index contributed by atoms with van der Waals surface area (Å²) in [5.41, 5.74) is -0.567. The highest BCUT2D eigenvalue weighted by Crippen LogP contribution is 2.11. The van der Waals surface area contributed by atoms with Crippen molar-refractivity contribution in [1.29, 1.82) is 0 Å². The quantitative estimate of drug-likeness (QED) is 0.588. The van der Waals surface area contributed by atoms with E-state index in [0.29, 0.717) is 0 Å². The van der Waals surface area contributed by atoms with Crippen molar-refractivity contribution in [2.45, 2.75) is 39.7 Å². The second-order valence-corrected chi connectivity index (χ2v) is 4.01. The SMILES string of the molecule is C[C@@H](CC(=O)OC(C)(C)C)C(=O)[O-]. The smallest absolute Gasteiger partial charge is 0.306 e. The molecule has 4 heteroatoms. The van der Waals surface area contributed by atoms with Gasteiger partial charge in [-0.3, -0.25) is 4.79 Å². The first-order valence-electron chi connectivity index (χ1n) is 4.15. The molecule has 4 nitrogen and oxygen atoms in total. The maximum atomic E-state index is 11.1. The standard InChI is InChI=1S/C9H16O4/c1-6(8(11)12)5-7(10)13-9(2,3)4/h6H,5H2,1-4H3,(H,11,12)/p-1/t6-/m0/s1. The largest absolute Gasteiger partial charge is 0.550 e. The van der Waals surface area contributed by atoms with E-state index in [1.807, 2.05) is 0 Å². The van der Waals surface area contributed by atoms with Gasteiger partial charge in [-0.05, 0) is 20.8 Å². The van der Waals surface area contributed by atoms with Gasteiger partial charge in [-0.2, -0.15) is 0 Å². The zero-order chi connectivity index (χ0) is 10.6. The van der Waals surface area contributed by atoms with Crippen molar-refractivity contribution < 1.29 is 19.4 Å². The van der Waals surface area contributed by atoms with E-state index in [2.05, 4.69) is 0 Å². The fraction of sp³-hybridized carbons (Fsp3) is 0.778. The Morgan fingerprint density at radius 1 is 1.38 bits per heavy atom. The van der Waals surface area contributed by atoms with E-state index in [4.69, 9.17) is 4.74 Å². The lowest BCUT2D eigenvalue weighted by Crippen LogP contribution is -2.33. The van der Waals surface area contributed by atoms with Gasteiger partial charge in [0.2, 0.25) is 0 Å². The second kappa shape index (κ2) is 4.25. The van der Waals surface area contributed by atoms with Gasteiger partial charge in [0.25, 0.3) is 0 Å². The Balaban J connectivity index is 3.96. The van der Waals surface area contributed by atoms with Crippen molar-refractivity contribution in [3.05, 3.63) is 0 Å². The van der Waals surface area contributed by atoms with E-state index >= 15 is 0 Å². The van der Waals surface area contributed by atoms with Crippen LogP contribution in [0.15, 0.2) is 0 Å². The topological polar surface area (TPSA) is 66.4 Å². The monoisotopic (exact) mass is 187 g/mol. The number of carboxylic acids is 1. The Bertz CT molecular complexity index is 202. The number of ether oxygens (including phenoxy) is 1. The third kappa shape index (κ3) is 6.13. The van der Waals surface area contributed by atoms with Crippen LogP contribution in [0.25, 0.3) is 0 Å². The molecular formula is C9H15O4-. The van der Waals surface area contributed by atoms with E-state index in [0.717, 1.165) is 0 Å². The number of esters is 1. The second-order valence-electron chi connectivity index (χ2n) is 4.01. The van der Waals surface area contributed by atoms with Crippen LogP contribution in [0.2, 0.25) is 0 Å². The van der Waals surface area contributed by atoms with Crippen molar-refractivity contribution in [2.24, 2.45) is 5.92 Å². The zero-order valence-corrected chi connectivity index (χ0v) is 8.42. The molecule has 0 saturated heterocycles. The maximum Gasteiger partial charge on any atom is 0.306 e. The van der Waals surface area contributed by atoms with Crippen LogP contribution in [-0.4, -0.2) is 17.5 Å². The van der Waals surface area contributed by atoms with Crippen LogP contribution in [0.1, 0.15) is 34.1 Å². The highest BCUT2D eigenvalue weighted by Gasteiger charge is 2.18. The molecule has 0 radical (unpaired) electrons. The molecule has 0 bridgehead atoms. The average molecular weight is 187 g/mol. The van der Waals surface area contributed by atoms with E-state index in [1.54, 1.807) is 20.8 Å². The molecule has 1 atom stereocenters. The molecule has 0 aromatic heterocycles. The summed E-state index contributed by atoms with van der Waals surface area (Å²) >= 11 is 0. The summed E-state index contributed by atoms with van der Waals surface area (Å²) in [6.45, 7) is 6.61. The number of hydrogen-bond acceptors (Lipinski definition) is 4. The number of rotatable bonds is 3. The van der Waals surface area contributed by atoms with E-state index in [1.165, 1.54) is 6.92 Å². The molecule has 0 saturated carbocycles. The van der Waals surface area contributed by atoms with Crippen LogP contribution in [0.5, 0.6) is 0 Å². The van der Waals surface area contributed by atoms with Crippen molar-refractivity contribution in [3.63, 3.8) is 0 Å². The molecule has 0 N–H and O–H groups in total. The van der Waals surface area contributed by atoms with Crippen LogP contribution in [0.3, 0.4) is 0 Å². The molecule has 0 aromatic rings. The van der Waals surface area contributed by atoms with Gasteiger partial charge in [-0.1, -0.05) is 6.92 Å². The molecule has 0 unspecified atom stereocenters. The Morgan fingerprint density at radius 2 is 1.85 bits per heavy atom. The third-order valence-corrected chi connectivity index (χ3v) is 1.30. The van der Waals surface area contributed by atoms with Crippen molar-refractivity contribution in [3.8, 4) is 0 Å². The van der Waals surface area contributed by atoms with Crippen LogP contribution < -0.4 is 5.11 Å². The molecule has 0 aliphatic carbocycles. The Labute approximate surface area is 77.9 Å². The van der Waals surface area contributed by atoms with Gasteiger partial charge in [0.1, 0.15) is 5.60 Å². The predicted molar refractivity (Wildman–Crippen MR) is 44.6 cm³/mol. The first-order chi connectivity index (χ1) is 5.72. The lowest BCUT2D eigenvalue weighted by Gasteiger charge is -2.21. The van der Waals surface area contributed by atoms with Crippen molar-refractivity contribution in [2.75, 3.05) is 0 Å². The van der Waals surface area contributed by atoms with Crippen LogP contribution >= 0.6 is 0 Å². The minimum Gasteiger partial charge on any atom is -0.550 e. The van der Waals surface area contributed by atoms with E-state index in [9.17, 15) is 14.7 Å². The molecule has 0 rings (SSSR count). The molecule has 0 aliphatic rings. The minimum absolute atomic E-state index is 0.139. The molecule has 0 aromatic carbocycles. The van der Waals surface area contributed by atoms with E-state index < -0.39 is 23.5 Å². The van der Waals surface area contributed by atoms with Gasteiger partial charge in [0.05, 0.1) is 6.42 Å². The Hall–Kier alpha value is -1.06. The molecular weight excluding hydrogens is 172 g/mol. The summed E-state index contributed by atoms with van der Waals surface area (Å²) in [7, 11) is 0. The molecule has 0 amide bonds. The van der Waals surface area contributed by atoms with E-state index in [-0.39, 0.29) is 6.42 Å². The first-order valence-corrected chi connectivity index (χ1v) is 4.15. The number of carboxylic acid groups (broad SMARTS) is 1. The zero-order valence-electron chi connectivity index (χ0n) is 8.42. The maximum absolute atomic E-state index is 11.1. The molecule has 0 spiro atoms. The van der Waals surface area contributed by atoms with Crippen LogP contribution in [0, 0.1) is 5.92 Å². The molecule has 0 heterocycles. The van der Waals surface area contributed by atoms with Gasteiger partial charge in [0, 0.05) is 11.9 Å². The highest BCUT2D eigenvalue weighted by molar-refractivity contribution is 5.77. The first kappa shape index (κ1) is 11.9. The van der Waals surface area contributed by atoms with Gasteiger partial charge >= 0.3 is 5.97 Å². The van der Waals surface area contributed by atoms with Crippen molar-refractivity contribution >= 4 is 11.9 Å². The van der Waals surface area contributed by atoms with Crippen LogP contribution in [0.4, 0.5) is 0 Å².